The monoisotopic (exact) mass is 425 g/mol. The zero-order chi connectivity index (χ0) is 22.3. The van der Waals surface area contributed by atoms with Gasteiger partial charge in [0.2, 0.25) is 0 Å². The van der Waals surface area contributed by atoms with Gasteiger partial charge < -0.3 is 19.0 Å². The van der Waals surface area contributed by atoms with Gasteiger partial charge in [0, 0.05) is 6.61 Å². The second-order valence-electron chi connectivity index (χ2n) is 7.34. The van der Waals surface area contributed by atoms with Crippen molar-refractivity contribution in [1.29, 1.82) is 0 Å². The third kappa shape index (κ3) is 9.26. The largest absolute Gasteiger partial charge is 0.491 e. The van der Waals surface area contributed by atoms with Crippen LogP contribution >= 0.6 is 0 Å². The summed E-state index contributed by atoms with van der Waals surface area (Å²) in [7, 11) is 1.54. The van der Waals surface area contributed by atoms with Crippen molar-refractivity contribution in [3.8, 4) is 11.5 Å². The molecule has 0 amide bonds. The molecular formula is C26H35NO4. The van der Waals surface area contributed by atoms with Crippen molar-refractivity contribution >= 4 is 6.21 Å². The Labute approximate surface area is 186 Å². The molecule has 168 valence electrons. The average molecular weight is 426 g/mol. The van der Waals surface area contributed by atoms with Crippen LogP contribution < -0.4 is 9.47 Å². The normalized spacial score (nSPS) is 11.4. The van der Waals surface area contributed by atoms with Gasteiger partial charge in [-0.3, -0.25) is 0 Å². The molecule has 0 radical (unpaired) electrons. The van der Waals surface area contributed by atoms with Gasteiger partial charge in [0.05, 0.1) is 12.8 Å². The van der Waals surface area contributed by atoms with Crippen molar-refractivity contribution in [2.45, 2.75) is 40.0 Å². The predicted molar refractivity (Wildman–Crippen MR) is 127 cm³/mol. The van der Waals surface area contributed by atoms with Crippen LogP contribution in [0.4, 0.5) is 0 Å². The maximum atomic E-state index is 5.95. The number of unbranched alkanes of at least 4 members (excludes halogenated alkanes) is 1. The number of benzene rings is 2. The van der Waals surface area contributed by atoms with Gasteiger partial charge >= 0.3 is 0 Å². The highest BCUT2D eigenvalue weighted by atomic mass is 16.6. The molecule has 0 aromatic heterocycles. The van der Waals surface area contributed by atoms with Crippen LogP contribution in [0.1, 0.15) is 42.0 Å². The molecule has 0 bridgehead atoms. The maximum absolute atomic E-state index is 5.95. The number of nitrogens with zero attached hydrogens (tertiary/aromatic N) is 1. The minimum atomic E-state index is 0.547. The third-order valence-electron chi connectivity index (χ3n) is 4.78. The number of rotatable bonds is 14. The molecule has 2 aromatic rings. The van der Waals surface area contributed by atoms with E-state index in [1.54, 1.807) is 13.3 Å². The second-order valence-corrected chi connectivity index (χ2v) is 7.34. The van der Waals surface area contributed by atoms with E-state index in [1.165, 1.54) is 5.56 Å². The van der Waals surface area contributed by atoms with Gasteiger partial charge in [-0.15, -0.1) is 0 Å². The van der Waals surface area contributed by atoms with E-state index in [0.717, 1.165) is 54.1 Å². The molecule has 0 unspecified atom stereocenters. The maximum Gasteiger partial charge on any atom is 0.125 e. The Bertz CT molecular complexity index is 805. The molecule has 0 saturated carbocycles. The first-order valence-corrected chi connectivity index (χ1v) is 10.8. The first-order chi connectivity index (χ1) is 15.1. The minimum absolute atomic E-state index is 0.547. The van der Waals surface area contributed by atoms with Crippen molar-refractivity contribution in [3.63, 3.8) is 0 Å². The predicted octanol–water partition coefficient (Wildman–Crippen LogP) is 5.66. The van der Waals surface area contributed by atoms with Gasteiger partial charge in [-0.2, -0.15) is 0 Å². The van der Waals surface area contributed by atoms with E-state index in [0.29, 0.717) is 19.8 Å². The lowest BCUT2D eigenvalue weighted by Gasteiger charge is -2.14. The smallest absolute Gasteiger partial charge is 0.125 e. The molecule has 2 rings (SSSR count). The highest BCUT2D eigenvalue weighted by Gasteiger charge is 2.07. The number of allylic oxidation sites excluding steroid dienone is 1. The van der Waals surface area contributed by atoms with Gasteiger partial charge in [0.1, 0.15) is 31.8 Å². The summed E-state index contributed by atoms with van der Waals surface area (Å²) in [6.45, 7) is 8.54. The molecule has 0 aliphatic heterocycles. The van der Waals surface area contributed by atoms with E-state index < -0.39 is 0 Å². The van der Waals surface area contributed by atoms with E-state index in [9.17, 15) is 0 Å². The van der Waals surface area contributed by atoms with E-state index in [1.807, 2.05) is 45.1 Å². The second kappa shape index (κ2) is 14.3. The van der Waals surface area contributed by atoms with Crippen LogP contribution in [0.3, 0.4) is 0 Å². The molecule has 0 heterocycles. The molecule has 0 aliphatic carbocycles. The first kappa shape index (κ1) is 24.5. The highest BCUT2D eigenvalue weighted by molar-refractivity contribution is 5.79. The highest BCUT2D eigenvalue weighted by Crippen LogP contribution is 2.28. The summed E-state index contributed by atoms with van der Waals surface area (Å²) in [5.74, 6) is 1.79. The average Bonchev–Trinajstić information content (AvgIpc) is 2.76. The summed E-state index contributed by atoms with van der Waals surface area (Å²) >= 11 is 0. The Balaban J connectivity index is 1.60. The van der Waals surface area contributed by atoms with E-state index in [2.05, 4.69) is 29.4 Å². The molecule has 0 saturated heterocycles. The van der Waals surface area contributed by atoms with Crippen LogP contribution in [-0.2, 0) is 16.0 Å². The van der Waals surface area contributed by atoms with Crippen LogP contribution in [0.15, 0.2) is 53.7 Å². The number of oxime groups is 1. The summed E-state index contributed by atoms with van der Waals surface area (Å²) in [6.07, 6.45) is 8.84. The molecule has 5 heteroatoms. The zero-order valence-electron chi connectivity index (χ0n) is 19.2. The first-order valence-electron chi connectivity index (χ1n) is 10.8. The molecule has 0 aliphatic rings. The zero-order valence-corrected chi connectivity index (χ0v) is 19.2. The molecular weight excluding hydrogens is 390 g/mol. The topological polar surface area (TPSA) is 49.3 Å². The summed E-state index contributed by atoms with van der Waals surface area (Å²) in [5, 5.41) is 3.77. The van der Waals surface area contributed by atoms with E-state index in [-0.39, 0.29) is 0 Å². The van der Waals surface area contributed by atoms with Crippen molar-refractivity contribution in [3.05, 3.63) is 70.8 Å². The van der Waals surface area contributed by atoms with Crippen LogP contribution in [0.5, 0.6) is 11.5 Å². The van der Waals surface area contributed by atoms with Crippen molar-refractivity contribution < 1.29 is 19.0 Å². The summed E-state index contributed by atoms with van der Waals surface area (Å²) in [4.78, 5) is 4.69. The fourth-order valence-corrected chi connectivity index (χ4v) is 3.18. The van der Waals surface area contributed by atoms with Crippen LogP contribution in [-0.4, -0.2) is 39.8 Å². The van der Waals surface area contributed by atoms with E-state index >= 15 is 0 Å². The number of hydrogen-bond donors (Lipinski definition) is 0. The summed E-state index contributed by atoms with van der Waals surface area (Å²) in [5.41, 5.74) is 4.52. The SMILES string of the molecule is C/C=C/COc1cc(C)c(OCCOCCCCc2ccc(C=NOC)cc2)c(C)c1. The Morgan fingerprint density at radius 3 is 2.32 bits per heavy atom. The molecule has 5 nitrogen and oxygen atoms in total. The minimum Gasteiger partial charge on any atom is -0.491 e. The van der Waals surface area contributed by atoms with Gasteiger partial charge in [-0.1, -0.05) is 41.6 Å². The Morgan fingerprint density at radius 2 is 1.65 bits per heavy atom. The van der Waals surface area contributed by atoms with Crippen LogP contribution in [0.2, 0.25) is 0 Å². The number of aryl methyl sites for hydroxylation is 3. The standard InChI is InChI=1S/C26H35NO4/c1-5-6-15-30-25-18-21(2)26(22(3)19-25)31-17-16-29-14-8-7-9-23-10-12-24(13-11-23)20-27-28-4/h5-6,10-13,18-20H,7-9,14-17H2,1-4H3/b6-5+,27-20?. The molecule has 0 atom stereocenters. The van der Waals surface area contributed by atoms with Gasteiger partial charge in [-0.05, 0) is 74.4 Å². The molecule has 31 heavy (non-hydrogen) atoms. The van der Waals surface area contributed by atoms with Gasteiger partial charge in [0.15, 0.2) is 0 Å². The third-order valence-corrected chi connectivity index (χ3v) is 4.78. The van der Waals surface area contributed by atoms with Gasteiger partial charge in [0.25, 0.3) is 0 Å². The van der Waals surface area contributed by atoms with Crippen molar-refractivity contribution in [2.24, 2.45) is 5.16 Å². The number of ether oxygens (including phenoxy) is 3. The lowest BCUT2D eigenvalue weighted by atomic mass is 10.1. The Hall–Kier alpha value is -2.79. The lowest BCUT2D eigenvalue weighted by molar-refractivity contribution is 0.0970. The Kier molecular flexibility index (Phi) is 11.3. The fourth-order valence-electron chi connectivity index (χ4n) is 3.18. The van der Waals surface area contributed by atoms with Crippen LogP contribution in [0.25, 0.3) is 0 Å². The van der Waals surface area contributed by atoms with Crippen molar-refractivity contribution in [1.82, 2.24) is 0 Å². The molecule has 0 spiro atoms. The van der Waals surface area contributed by atoms with Crippen molar-refractivity contribution in [2.75, 3.05) is 33.5 Å². The quantitative estimate of drug-likeness (QED) is 0.170. The summed E-state index contributed by atoms with van der Waals surface area (Å²) in [6, 6.07) is 12.4. The van der Waals surface area contributed by atoms with Crippen LogP contribution in [0, 0.1) is 13.8 Å². The molecule has 2 aromatic carbocycles. The Morgan fingerprint density at radius 1 is 0.903 bits per heavy atom. The van der Waals surface area contributed by atoms with Gasteiger partial charge in [-0.25, -0.2) is 0 Å². The van der Waals surface area contributed by atoms with E-state index in [4.69, 9.17) is 19.0 Å². The lowest BCUT2D eigenvalue weighted by Crippen LogP contribution is -2.09. The fraction of sp³-hybridized carbons (Fsp3) is 0.423. The number of hydrogen-bond acceptors (Lipinski definition) is 5. The molecule has 0 N–H and O–H groups in total. The molecule has 0 fully saturated rings. The summed E-state index contributed by atoms with van der Waals surface area (Å²) < 4.78 is 17.4.